The van der Waals surface area contributed by atoms with E-state index >= 15 is 0 Å². The summed E-state index contributed by atoms with van der Waals surface area (Å²) in [6.07, 6.45) is -3.28. The molecule has 1 amide bonds. The van der Waals surface area contributed by atoms with Crippen LogP contribution in [0.4, 0.5) is 13.2 Å². The molecule has 2 fully saturated rings. The lowest BCUT2D eigenvalue weighted by Gasteiger charge is -2.38. The van der Waals surface area contributed by atoms with Crippen LogP contribution in [0.15, 0.2) is 0 Å². The zero-order valence-corrected chi connectivity index (χ0v) is 9.78. The number of nitriles is 1. The third-order valence-electron chi connectivity index (χ3n) is 3.57. The first kappa shape index (κ1) is 13.1. The van der Waals surface area contributed by atoms with Crippen LogP contribution in [0, 0.1) is 17.2 Å². The van der Waals surface area contributed by atoms with Crippen molar-refractivity contribution in [1.82, 2.24) is 9.80 Å². The van der Waals surface area contributed by atoms with Crippen LogP contribution in [0.3, 0.4) is 0 Å². The highest BCUT2D eigenvalue weighted by atomic mass is 19.4. The van der Waals surface area contributed by atoms with Crippen molar-refractivity contribution in [3.8, 4) is 6.07 Å². The molecular weight excluding hydrogens is 247 g/mol. The summed E-state index contributed by atoms with van der Waals surface area (Å²) < 4.78 is 37.5. The molecule has 7 heteroatoms. The highest BCUT2D eigenvalue weighted by molar-refractivity contribution is 5.78. The molecule has 0 bridgehead atoms. The Morgan fingerprint density at radius 2 is 2.17 bits per heavy atom. The van der Waals surface area contributed by atoms with Gasteiger partial charge in [-0.3, -0.25) is 9.69 Å². The van der Waals surface area contributed by atoms with E-state index in [1.807, 2.05) is 0 Å². The molecule has 0 N–H and O–H groups in total. The topological polar surface area (TPSA) is 47.3 Å². The molecule has 0 aromatic heterocycles. The van der Waals surface area contributed by atoms with Crippen molar-refractivity contribution in [1.29, 1.82) is 5.26 Å². The lowest BCUT2D eigenvalue weighted by atomic mass is 10.1. The van der Waals surface area contributed by atoms with Crippen LogP contribution in [-0.2, 0) is 4.79 Å². The Balaban J connectivity index is 1.93. The number of halogens is 3. The van der Waals surface area contributed by atoms with Crippen molar-refractivity contribution in [2.24, 2.45) is 5.92 Å². The zero-order chi connectivity index (χ0) is 13.3. The molecule has 2 aliphatic rings. The molecule has 100 valence electrons. The summed E-state index contributed by atoms with van der Waals surface area (Å²) in [6, 6.07) is 1.34. The van der Waals surface area contributed by atoms with Gasteiger partial charge >= 0.3 is 6.18 Å². The number of hydrogen-bond acceptors (Lipinski definition) is 3. The first-order valence-electron chi connectivity index (χ1n) is 5.90. The lowest BCUT2D eigenvalue weighted by molar-refractivity contribution is -0.165. The monoisotopic (exact) mass is 261 g/mol. The average Bonchev–Trinajstić information content (AvgIpc) is 2.66. The van der Waals surface area contributed by atoms with Crippen molar-refractivity contribution < 1.29 is 18.0 Å². The number of hydrogen-bond donors (Lipinski definition) is 0. The third-order valence-corrected chi connectivity index (χ3v) is 3.57. The maximum absolute atomic E-state index is 12.5. The van der Waals surface area contributed by atoms with Gasteiger partial charge in [0.25, 0.3) is 0 Å². The fourth-order valence-electron chi connectivity index (χ4n) is 2.57. The second-order valence-electron chi connectivity index (χ2n) is 4.76. The summed E-state index contributed by atoms with van der Waals surface area (Å²) in [7, 11) is 0. The molecule has 0 aromatic rings. The summed E-state index contributed by atoms with van der Waals surface area (Å²) in [4.78, 5) is 14.8. The van der Waals surface area contributed by atoms with Gasteiger partial charge in [0.1, 0.15) is 0 Å². The number of amides is 1. The van der Waals surface area contributed by atoms with E-state index in [1.165, 1.54) is 6.07 Å². The number of piperazine rings is 1. The van der Waals surface area contributed by atoms with Crippen molar-refractivity contribution in [3.05, 3.63) is 0 Å². The van der Waals surface area contributed by atoms with Gasteiger partial charge in [-0.25, -0.2) is 0 Å². The minimum atomic E-state index is -4.47. The molecule has 4 nitrogen and oxygen atoms in total. The molecule has 0 spiro atoms. The second-order valence-corrected chi connectivity index (χ2v) is 4.76. The van der Waals surface area contributed by atoms with Crippen LogP contribution in [-0.4, -0.2) is 54.1 Å². The van der Waals surface area contributed by atoms with Crippen LogP contribution in [0.1, 0.15) is 12.8 Å². The smallest absolute Gasteiger partial charge is 0.337 e. The summed E-state index contributed by atoms with van der Waals surface area (Å²) >= 11 is 0. The van der Waals surface area contributed by atoms with Gasteiger partial charge < -0.3 is 4.90 Å². The Kier molecular flexibility index (Phi) is 3.48. The van der Waals surface area contributed by atoms with E-state index in [4.69, 9.17) is 5.26 Å². The van der Waals surface area contributed by atoms with Crippen LogP contribution in [0.25, 0.3) is 0 Å². The zero-order valence-electron chi connectivity index (χ0n) is 9.78. The van der Waals surface area contributed by atoms with Crippen LogP contribution >= 0.6 is 0 Å². The first-order valence-corrected chi connectivity index (χ1v) is 5.90. The van der Waals surface area contributed by atoms with Crippen LogP contribution in [0.5, 0.6) is 0 Å². The van der Waals surface area contributed by atoms with Gasteiger partial charge in [0, 0.05) is 38.6 Å². The summed E-state index contributed by atoms with van der Waals surface area (Å²) in [5.74, 6) is -1.85. The van der Waals surface area contributed by atoms with Gasteiger partial charge in [0.05, 0.1) is 6.07 Å². The standard InChI is InChI=1S/C11H14F3N3O/c12-11(13,14)8(5-15)6-16-3-4-17-9(7-16)1-2-10(17)18/h8-9H,1-4,6-7H2. The van der Waals surface area contributed by atoms with E-state index < -0.39 is 12.1 Å². The Labute approximate surface area is 103 Å². The molecule has 2 unspecified atom stereocenters. The van der Waals surface area contributed by atoms with Crippen molar-refractivity contribution in [2.45, 2.75) is 25.1 Å². The van der Waals surface area contributed by atoms with Gasteiger partial charge in [0.2, 0.25) is 5.91 Å². The largest absolute Gasteiger partial charge is 0.405 e. The minimum absolute atomic E-state index is 0.0267. The minimum Gasteiger partial charge on any atom is -0.337 e. The molecule has 0 radical (unpaired) electrons. The molecule has 0 saturated carbocycles. The summed E-state index contributed by atoms with van der Waals surface area (Å²) in [5.41, 5.74) is 0. The Morgan fingerprint density at radius 1 is 1.44 bits per heavy atom. The van der Waals surface area contributed by atoms with E-state index in [0.717, 1.165) is 0 Å². The third kappa shape index (κ3) is 2.58. The summed E-state index contributed by atoms with van der Waals surface area (Å²) in [6.45, 7) is 1.04. The number of carbonyl (C=O) groups is 1. The molecule has 2 atom stereocenters. The molecule has 2 aliphatic heterocycles. The molecule has 2 heterocycles. The van der Waals surface area contributed by atoms with E-state index in [9.17, 15) is 18.0 Å². The van der Waals surface area contributed by atoms with Gasteiger partial charge in [-0.1, -0.05) is 0 Å². The van der Waals surface area contributed by atoms with Crippen LogP contribution in [0.2, 0.25) is 0 Å². The molecule has 18 heavy (non-hydrogen) atoms. The van der Waals surface area contributed by atoms with Gasteiger partial charge in [0.15, 0.2) is 5.92 Å². The average molecular weight is 261 g/mol. The van der Waals surface area contributed by atoms with E-state index in [0.29, 0.717) is 32.5 Å². The maximum Gasteiger partial charge on any atom is 0.405 e. The highest BCUT2D eigenvalue weighted by Crippen LogP contribution is 2.28. The molecule has 0 aliphatic carbocycles. The van der Waals surface area contributed by atoms with Gasteiger partial charge in [-0.15, -0.1) is 0 Å². The predicted octanol–water partition coefficient (Wildman–Crippen LogP) is 0.995. The molecule has 2 saturated heterocycles. The molecular formula is C11H14F3N3O. The Bertz CT molecular complexity index is 377. The number of alkyl halides is 3. The number of nitrogens with zero attached hydrogens (tertiary/aromatic N) is 3. The highest BCUT2D eigenvalue weighted by Gasteiger charge is 2.43. The van der Waals surface area contributed by atoms with E-state index in [1.54, 1.807) is 9.80 Å². The second kappa shape index (κ2) is 4.76. The maximum atomic E-state index is 12.5. The molecule has 0 aromatic carbocycles. The van der Waals surface area contributed by atoms with Gasteiger partial charge in [-0.05, 0) is 6.42 Å². The Hall–Kier alpha value is -1.29. The van der Waals surface area contributed by atoms with E-state index in [-0.39, 0.29) is 18.5 Å². The first-order chi connectivity index (χ1) is 8.41. The SMILES string of the molecule is N#CC(CN1CCN2C(=O)CCC2C1)C(F)(F)F. The van der Waals surface area contributed by atoms with Gasteiger partial charge in [-0.2, -0.15) is 18.4 Å². The van der Waals surface area contributed by atoms with Crippen molar-refractivity contribution in [3.63, 3.8) is 0 Å². The van der Waals surface area contributed by atoms with Crippen molar-refractivity contribution in [2.75, 3.05) is 26.2 Å². The summed E-state index contributed by atoms with van der Waals surface area (Å²) in [5, 5.41) is 8.56. The predicted molar refractivity (Wildman–Crippen MR) is 56.3 cm³/mol. The van der Waals surface area contributed by atoms with Crippen LogP contribution < -0.4 is 0 Å². The number of rotatable bonds is 2. The van der Waals surface area contributed by atoms with E-state index in [2.05, 4.69) is 0 Å². The number of fused-ring (bicyclic) bond motifs is 1. The fraction of sp³-hybridized carbons (Fsp3) is 0.818. The molecule has 2 rings (SSSR count). The quantitative estimate of drug-likeness (QED) is 0.745. The normalized spacial score (nSPS) is 26.9. The fourth-order valence-corrected chi connectivity index (χ4v) is 2.57. The Morgan fingerprint density at radius 3 is 2.78 bits per heavy atom. The lowest BCUT2D eigenvalue weighted by Crippen LogP contribution is -2.53. The van der Waals surface area contributed by atoms with Crippen molar-refractivity contribution >= 4 is 5.91 Å². The number of carbonyl (C=O) groups excluding carboxylic acids is 1.